The summed E-state index contributed by atoms with van der Waals surface area (Å²) in [5.74, 6) is -0.0149. The van der Waals surface area contributed by atoms with Gasteiger partial charge in [0, 0.05) is 16.6 Å². The van der Waals surface area contributed by atoms with Crippen molar-refractivity contribution in [2.24, 2.45) is 11.1 Å². The second kappa shape index (κ2) is 8.19. The van der Waals surface area contributed by atoms with Gasteiger partial charge in [-0.15, -0.1) is 0 Å². The Morgan fingerprint density at radius 3 is 2.92 bits per heavy atom. The molecule has 0 saturated heterocycles. The maximum atomic E-state index is 11.6. The molecule has 1 N–H and O–H groups in total. The molecule has 0 aromatic heterocycles. The maximum absolute atomic E-state index is 11.6. The molecule has 0 bridgehead atoms. The molecule has 1 heterocycles. The van der Waals surface area contributed by atoms with E-state index in [1.165, 1.54) is 6.42 Å². The molecule has 1 unspecified atom stereocenters. The average molecular weight is 412 g/mol. The van der Waals surface area contributed by atoms with Gasteiger partial charge >= 0.3 is 5.97 Å². The number of halogens is 1. The van der Waals surface area contributed by atoms with Crippen LogP contribution in [0.5, 0.6) is 5.75 Å². The normalized spacial score (nSPS) is 21.2. The largest absolute Gasteiger partial charge is 0.479 e. The Labute approximate surface area is 155 Å². The van der Waals surface area contributed by atoms with Gasteiger partial charge < -0.3 is 19.4 Å². The molecule has 0 amide bonds. The summed E-state index contributed by atoms with van der Waals surface area (Å²) in [5.41, 5.74) is 1.33. The molecule has 7 heteroatoms. The maximum Gasteiger partial charge on any atom is 0.344 e. The van der Waals surface area contributed by atoms with E-state index in [0.29, 0.717) is 42.6 Å². The Balaban J connectivity index is 1.84. The summed E-state index contributed by atoms with van der Waals surface area (Å²) in [5, 5.41) is 13.6. The number of ether oxygens (including phenoxy) is 2. The third-order valence-corrected chi connectivity index (χ3v) is 5.09. The van der Waals surface area contributed by atoms with Gasteiger partial charge in [-0.3, -0.25) is 0 Å². The molecule has 1 aliphatic carbocycles. The van der Waals surface area contributed by atoms with E-state index in [2.05, 4.69) is 21.1 Å². The highest BCUT2D eigenvalue weighted by molar-refractivity contribution is 9.10. The van der Waals surface area contributed by atoms with E-state index < -0.39 is 12.1 Å². The van der Waals surface area contributed by atoms with Crippen LogP contribution in [0.3, 0.4) is 0 Å². The van der Waals surface area contributed by atoms with Gasteiger partial charge in [0.1, 0.15) is 24.2 Å². The minimum absolute atomic E-state index is 0.281. The smallest absolute Gasteiger partial charge is 0.344 e. The second-order valence-corrected chi connectivity index (χ2v) is 7.25. The minimum Gasteiger partial charge on any atom is -0.479 e. The highest BCUT2D eigenvalue weighted by Crippen LogP contribution is 2.33. The van der Waals surface area contributed by atoms with E-state index in [1.54, 1.807) is 6.07 Å². The second-order valence-electron chi connectivity index (χ2n) is 6.33. The van der Waals surface area contributed by atoms with Gasteiger partial charge in [0.25, 0.3) is 0 Å². The molecule has 1 saturated carbocycles. The fourth-order valence-electron chi connectivity index (χ4n) is 3.05. The first-order valence-electron chi connectivity index (χ1n) is 8.59. The van der Waals surface area contributed by atoms with Crippen molar-refractivity contribution in [1.29, 1.82) is 0 Å². The van der Waals surface area contributed by atoms with Gasteiger partial charge in [-0.05, 0) is 37.5 Å². The Bertz CT molecular complexity index is 659. The van der Waals surface area contributed by atoms with Crippen molar-refractivity contribution < 1.29 is 24.2 Å². The van der Waals surface area contributed by atoms with Gasteiger partial charge in [-0.2, -0.15) is 0 Å². The van der Waals surface area contributed by atoms with Crippen molar-refractivity contribution in [3.63, 3.8) is 0 Å². The molecule has 25 heavy (non-hydrogen) atoms. The molecule has 2 atom stereocenters. The first-order valence-corrected chi connectivity index (χ1v) is 9.38. The highest BCUT2D eigenvalue weighted by atomic mass is 79.9. The van der Waals surface area contributed by atoms with E-state index in [9.17, 15) is 9.90 Å². The lowest BCUT2D eigenvalue weighted by atomic mass is 9.81. The SMILES string of the molecule is CCOC1CON=C1c1cc(Br)ccc1O[C@@H](CC1CCC1)C(=O)O. The van der Waals surface area contributed by atoms with E-state index >= 15 is 0 Å². The van der Waals surface area contributed by atoms with E-state index in [0.717, 1.165) is 17.3 Å². The third-order valence-electron chi connectivity index (χ3n) is 4.60. The quantitative estimate of drug-likeness (QED) is 0.706. The molecule has 2 aliphatic rings. The molecule has 3 rings (SSSR count). The monoisotopic (exact) mass is 411 g/mol. The molecule has 1 aromatic rings. The molecular formula is C18H22BrNO5. The summed E-state index contributed by atoms with van der Waals surface area (Å²) in [4.78, 5) is 16.8. The molecule has 0 radical (unpaired) electrons. The van der Waals surface area contributed by atoms with Crippen LogP contribution in [0, 0.1) is 5.92 Å². The van der Waals surface area contributed by atoms with Crippen molar-refractivity contribution in [3.05, 3.63) is 28.2 Å². The predicted octanol–water partition coefficient (Wildman–Crippen LogP) is 3.61. The molecule has 6 nitrogen and oxygen atoms in total. The van der Waals surface area contributed by atoms with Crippen molar-refractivity contribution in [1.82, 2.24) is 0 Å². The van der Waals surface area contributed by atoms with Gasteiger partial charge in [0.15, 0.2) is 6.10 Å². The zero-order valence-corrected chi connectivity index (χ0v) is 15.7. The summed E-state index contributed by atoms with van der Waals surface area (Å²) < 4.78 is 12.4. The zero-order valence-electron chi connectivity index (χ0n) is 14.1. The van der Waals surface area contributed by atoms with Gasteiger partial charge in [-0.1, -0.05) is 40.3 Å². The molecular weight excluding hydrogens is 390 g/mol. The Morgan fingerprint density at radius 2 is 2.28 bits per heavy atom. The van der Waals surface area contributed by atoms with Crippen LogP contribution in [0.4, 0.5) is 0 Å². The number of carboxylic acids is 1. The number of aliphatic carboxylic acids is 1. The van der Waals surface area contributed by atoms with Crippen LogP contribution >= 0.6 is 15.9 Å². The van der Waals surface area contributed by atoms with Crippen LogP contribution in [0.15, 0.2) is 27.8 Å². The van der Waals surface area contributed by atoms with Crippen LogP contribution in [0.25, 0.3) is 0 Å². The standard InChI is InChI=1S/C18H22BrNO5/c1-2-23-16-10-24-20-17(16)13-9-12(19)6-7-14(13)25-15(18(21)22)8-11-4-3-5-11/h6-7,9,11,15-16H,2-5,8,10H2,1H3,(H,21,22)/t15-,16?/m0/s1. The molecule has 1 fully saturated rings. The number of nitrogens with zero attached hydrogens (tertiary/aromatic N) is 1. The van der Waals surface area contributed by atoms with Crippen molar-refractivity contribution >= 4 is 27.6 Å². The van der Waals surface area contributed by atoms with Gasteiger partial charge in [0.2, 0.25) is 0 Å². The van der Waals surface area contributed by atoms with Crippen LogP contribution in [0.1, 0.15) is 38.2 Å². The Hall–Kier alpha value is -1.60. The third kappa shape index (κ3) is 4.33. The topological polar surface area (TPSA) is 77.3 Å². The number of rotatable bonds is 8. The van der Waals surface area contributed by atoms with E-state index in [4.69, 9.17) is 14.3 Å². The number of carboxylic acid groups (broad SMARTS) is 1. The van der Waals surface area contributed by atoms with E-state index in [-0.39, 0.29) is 6.10 Å². The van der Waals surface area contributed by atoms with Gasteiger partial charge in [-0.25, -0.2) is 4.79 Å². The first kappa shape index (κ1) is 18.2. The number of hydrogen-bond donors (Lipinski definition) is 1. The highest BCUT2D eigenvalue weighted by Gasteiger charge is 2.31. The lowest BCUT2D eigenvalue weighted by molar-refractivity contribution is -0.146. The van der Waals surface area contributed by atoms with Crippen LogP contribution in [0.2, 0.25) is 0 Å². The van der Waals surface area contributed by atoms with Crippen LogP contribution < -0.4 is 4.74 Å². The summed E-state index contributed by atoms with van der Waals surface area (Å²) >= 11 is 3.45. The van der Waals surface area contributed by atoms with Crippen molar-refractivity contribution in [2.45, 2.75) is 44.8 Å². The van der Waals surface area contributed by atoms with E-state index in [1.807, 2.05) is 19.1 Å². The Morgan fingerprint density at radius 1 is 1.48 bits per heavy atom. The number of hydrogen-bond acceptors (Lipinski definition) is 5. The van der Waals surface area contributed by atoms with Crippen molar-refractivity contribution in [3.8, 4) is 5.75 Å². The summed E-state index contributed by atoms with van der Waals surface area (Å²) in [6.07, 6.45) is 2.71. The summed E-state index contributed by atoms with van der Waals surface area (Å²) in [6.45, 7) is 2.80. The molecule has 1 aromatic carbocycles. The molecule has 0 spiro atoms. The van der Waals surface area contributed by atoms with Crippen LogP contribution in [-0.4, -0.2) is 42.2 Å². The number of oxime groups is 1. The number of benzene rings is 1. The summed E-state index contributed by atoms with van der Waals surface area (Å²) in [7, 11) is 0. The predicted molar refractivity (Wildman–Crippen MR) is 96.1 cm³/mol. The van der Waals surface area contributed by atoms with Crippen molar-refractivity contribution in [2.75, 3.05) is 13.2 Å². The molecule has 1 aliphatic heterocycles. The lowest BCUT2D eigenvalue weighted by Gasteiger charge is -2.28. The Kier molecular flexibility index (Phi) is 5.96. The first-order chi connectivity index (χ1) is 12.1. The van der Waals surface area contributed by atoms with Crippen LogP contribution in [-0.2, 0) is 14.4 Å². The average Bonchev–Trinajstić information content (AvgIpc) is 2.99. The fraction of sp³-hybridized carbons (Fsp3) is 0.556. The lowest BCUT2D eigenvalue weighted by Crippen LogP contribution is -2.32. The fourth-order valence-corrected chi connectivity index (χ4v) is 3.41. The van der Waals surface area contributed by atoms with Gasteiger partial charge in [0.05, 0.1) is 0 Å². The minimum atomic E-state index is -0.938. The molecule has 136 valence electrons. The summed E-state index contributed by atoms with van der Waals surface area (Å²) in [6, 6.07) is 5.45. The zero-order chi connectivity index (χ0) is 17.8. The number of carbonyl (C=O) groups is 1.